The molecule has 1 aliphatic heterocycles. The third-order valence-corrected chi connectivity index (χ3v) is 6.51. The third kappa shape index (κ3) is 5.33. The van der Waals surface area contributed by atoms with Crippen molar-refractivity contribution in [2.75, 3.05) is 38.2 Å². The van der Waals surface area contributed by atoms with Gasteiger partial charge >= 0.3 is 5.97 Å². The van der Waals surface area contributed by atoms with E-state index in [0.717, 1.165) is 0 Å². The van der Waals surface area contributed by atoms with E-state index < -0.39 is 28.5 Å². The summed E-state index contributed by atoms with van der Waals surface area (Å²) < 4.78 is 37.1. The van der Waals surface area contributed by atoms with Crippen LogP contribution in [0.15, 0.2) is 41.4 Å². The number of aromatic nitrogens is 1. The highest BCUT2D eigenvalue weighted by Crippen LogP contribution is 2.23. The van der Waals surface area contributed by atoms with Gasteiger partial charge in [-0.3, -0.25) is 4.79 Å². The van der Waals surface area contributed by atoms with E-state index in [1.807, 2.05) is 0 Å². The van der Waals surface area contributed by atoms with Gasteiger partial charge in [-0.05, 0) is 36.8 Å². The molecule has 0 saturated carbocycles. The fraction of sp³-hybridized carbons (Fsp3) is 0.316. The minimum atomic E-state index is -3.70. The Kier molecular flexibility index (Phi) is 7.03. The van der Waals surface area contributed by atoms with Crippen LogP contribution in [-0.2, 0) is 24.3 Å². The molecule has 1 saturated heterocycles. The van der Waals surface area contributed by atoms with E-state index in [1.54, 1.807) is 13.0 Å². The van der Waals surface area contributed by atoms with Gasteiger partial charge in [0.05, 0.1) is 23.7 Å². The van der Waals surface area contributed by atoms with Crippen LogP contribution in [0.4, 0.5) is 5.69 Å². The lowest BCUT2D eigenvalue weighted by atomic mass is 10.2. The third-order valence-electron chi connectivity index (χ3n) is 4.39. The first-order valence-corrected chi connectivity index (χ1v) is 10.9. The first-order chi connectivity index (χ1) is 14.3. The van der Waals surface area contributed by atoms with Crippen molar-refractivity contribution in [2.45, 2.75) is 11.8 Å². The summed E-state index contributed by atoms with van der Waals surface area (Å²) in [7, 11) is -3.70. The molecular formula is C19H20ClN3O6S. The smallest absolute Gasteiger partial charge is 0.340 e. The fourth-order valence-electron chi connectivity index (χ4n) is 2.73. The second kappa shape index (κ2) is 9.52. The Hall–Kier alpha value is -2.53. The highest BCUT2D eigenvalue weighted by Gasteiger charge is 2.27. The van der Waals surface area contributed by atoms with Crippen molar-refractivity contribution in [3.63, 3.8) is 0 Å². The topological polar surface area (TPSA) is 115 Å². The lowest BCUT2D eigenvalue weighted by Crippen LogP contribution is -2.40. The van der Waals surface area contributed by atoms with Crippen molar-refractivity contribution >= 4 is 39.2 Å². The van der Waals surface area contributed by atoms with E-state index in [2.05, 4.69) is 10.3 Å². The van der Waals surface area contributed by atoms with Gasteiger partial charge in [0, 0.05) is 25.0 Å². The SMILES string of the molecule is Cc1ccc(S(=O)(=O)N2CCOCC2)cc1NC(=O)COC(=O)c1ccc(Cl)nc1. The molecule has 2 heterocycles. The van der Waals surface area contributed by atoms with E-state index in [4.69, 9.17) is 21.1 Å². The number of hydrogen-bond acceptors (Lipinski definition) is 7. The molecule has 11 heteroatoms. The first-order valence-electron chi connectivity index (χ1n) is 9.04. The Balaban J connectivity index is 1.65. The number of nitrogens with zero attached hydrogens (tertiary/aromatic N) is 2. The monoisotopic (exact) mass is 453 g/mol. The minimum absolute atomic E-state index is 0.0644. The maximum Gasteiger partial charge on any atom is 0.340 e. The number of ether oxygens (including phenoxy) is 2. The molecule has 0 unspecified atom stereocenters. The van der Waals surface area contributed by atoms with Crippen LogP contribution in [-0.4, -0.2) is 62.5 Å². The number of morpholine rings is 1. The van der Waals surface area contributed by atoms with Crippen molar-refractivity contribution in [1.29, 1.82) is 0 Å². The van der Waals surface area contributed by atoms with Gasteiger partial charge in [0.15, 0.2) is 6.61 Å². The number of anilines is 1. The molecule has 0 aliphatic carbocycles. The molecule has 2 aromatic rings. The Morgan fingerprint density at radius 2 is 1.97 bits per heavy atom. The largest absolute Gasteiger partial charge is 0.452 e. The second-order valence-electron chi connectivity index (χ2n) is 6.49. The second-order valence-corrected chi connectivity index (χ2v) is 8.81. The van der Waals surface area contributed by atoms with Gasteiger partial charge in [-0.2, -0.15) is 4.31 Å². The van der Waals surface area contributed by atoms with Crippen molar-refractivity contribution in [3.8, 4) is 0 Å². The quantitative estimate of drug-likeness (QED) is 0.524. The predicted octanol–water partition coefficient (Wildman–Crippen LogP) is 1.86. The molecule has 1 aliphatic rings. The summed E-state index contributed by atoms with van der Waals surface area (Å²) in [4.78, 5) is 28.0. The van der Waals surface area contributed by atoms with Crippen molar-refractivity contribution in [3.05, 3.63) is 52.8 Å². The molecule has 0 spiro atoms. The van der Waals surface area contributed by atoms with E-state index >= 15 is 0 Å². The van der Waals surface area contributed by atoms with E-state index in [0.29, 0.717) is 24.5 Å². The predicted molar refractivity (Wildman–Crippen MR) is 109 cm³/mol. The maximum atomic E-state index is 12.8. The number of amides is 1. The van der Waals surface area contributed by atoms with Gasteiger partial charge in [0.2, 0.25) is 10.0 Å². The number of nitrogens with one attached hydrogen (secondary N) is 1. The molecule has 3 rings (SSSR count). The molecule has 1 N–H and O–H groups in total. The highest BCUT2D eigenvalue weighted by atomic mass is 35.5. The van der Waals surface area contributed by atoms with Crippen LogP contribution in [0.3, 0.4) is 0 Å². The molecular weight excluding hydrogens is 434 g/mol. The molecule has 0 radical (unpaired) electrons. The molecule has 1 fully saturated rings. The van der Waals surface area contributed by atoms with Crippen LogP contribution >= 0.6 is 11.6 Å². The average Bonchev–Trinajstić information content (AvgIpc) is 2.74. The van der Waals surface area contributed by atoms with E-state index in [1.165, 1.54) is 34.8 Å². The van der Waals surface area contributed by atoms with Crippen molar-refractivity contribution < 1.29 is 27.5 Å². The molecule has 9 nitrogen and oxygen atoms in total. The van der Waals surface area contributed by atoms with E-state index in [-0.39, 0.29) is 28.7 Å². The minimum Gasteiger partial charge on any atom is -0.452 e. The number of carbonyl (C=O) groups excluding carboxylic acids is 2. The van der Waals surface area contributed by atoms with Crippen LogP contribution in [0.25, 0.3) is 0 Å². The molecule has 1 aromatic carbocycles. The zero-order valence-electron chi connectivity index (χ0n) is 16.1. The van der Waals surface area contributed by atoms with Gasteiger partial charge in [-0.1, -0.05) is 17.7 Å². The molecule has 0 atom stereocenters. The fourth-order valence-corrected chi connectivity index (χ4v) is 4.28. The number of hydrogen-bond donors (Lipinski definition) is 1. The number of rotatable bonds is 6. The van der Waals surface area contributed by atoms with Gasteiger partial charge < -0.3 is 14.8 Å². The number of halogens is 1. The van der Waals surface area contributed by atoms with E-state index in [9.17, 15) is 18.0 Å². The Morgan fingerprint density at radius 3 is 2.63 bits per heavy atom. The number of pyridine rings is 1. The number of sulfonamides is 1. The van der Waals surface area contributed by atoms with Crippen LogP contribution in [0, 0.1) is 6.92 Å². The highest BCUT2D eigenvalue weighted by molar-refractivity contribution is 7.89. The van der Waals surface area contributed by atoms with Crippen LogP contribution < -0.4 is 5.32 Å². The van der Waals surface area contributed by atoms with Gasteiger partial charge in [-0.25, -0.2) is 18.2 Å². The molecule has 1 aromatic heterocycles. The van der Waals surface area contributed by atoms with Crippen LogP contribution in [0.1, 0.15) is 15.9 Å². The van der Waals surface area contributed by atoms with Gasteiger partial charge in [-0.15, -0.1) is 0 Å². The maximum absolute atomic E-state index is 12.8. The molecule has 0 bridgehead atoms. The normalized spacial score (nSPS) is 14.9. The van der Waals surface area contributed by atoms with Crippen molar-refractivity contribution in [2.24, 2.45) is 0 Å². The van der Waals surface area contributed by atoms with Crippen molar-refractivity contribution in [1.82, 2.24) is 9.29 Å². The summed E-state index contributed by atoms with van der Waals surface area (Å²) in [6.07, 6.45) is 1.24. The standard InChI is InChI=1S/C19H20ClN3O6S/c1-13-2-4-15(30(26,27)23-6-8-28-9-7-23)10-16(13)22-18(24)12-29-19(25)14-3-5-17(20)21-11-14/h2-5,10-11H,6-9,12H2,1H3,(H,22,24). The lowest BCUT2D eigenvalue weighted by molar-refractivity contribution is -0.119. The zero-order chi connectivity index (χ0) is 21.7. The average molecular weight is 454 g/mol. The van der Waals surface area contributed by atoms with Gasteiger partial charge in [0.1, 0.15) is 5.15 Å². The molecule has 1 amide bonds. The Labute approximate surface area is 179 Å². The molecule has 160 valence electrons. The van der Waals surface area contributed by atoms with Crippen LogP contribution in [0.2, 0.25) is 5.15 Å². The number of carbonyl (C=O) groups is 2. The number of esters is 1. The van der Waals surface area contributed by atoms with Gasteiger partial charge in [0.25, 0.3) is 5.91 Å². The lowest BCUT2D eigenvalue weighted by Gasteiger charge is -2.26. The summed E-state index contributed by atoms with van der Waals surface area (Å²) in [6.45, 7) is 2.40. The zero-order valence-corrected chi connectivity index (χ0v) is 17.7. The summed E-state index contributed by atoms with van der Waals surface area (Å²) in [5.74, 6) is -1.33. The number of aryl methyl sites for hydroxylation is 1. The summed E-state index contributed by atoms with van der Waals surface area (Å²) in [5, 5.41) is 2.81. The van der Waals surface area contributed by atoms with Crippen LogP contribution in [0.5, 0.6) is 0 Å². The summed E-state index contributed by atoms with van der Waals surface area (Å²) in [6, 6.07) is 7.35. The summed E-state index contributed by atoms with van der Waals surface area (Å²) >= 11 is 5.66. The first kappa shape index (κ1) is 22.2. The summed E-state index contributed by atoms with van der Waals surface area (Å²) in [5.41, 5.74) is 1.14. The molecule has 30 heavy (non-hydrogen) atoms. The Bertz CT molecular complexity index is 1040. The number of benzene rings is 1. The Morgan fingerprint density at radius 1 is 1.23 bits per heavy atom.